The van der Waals surface area contributed by atoms with Crippen molar-refractivity contribution in [3.63, 3.8) is 0 Å². The maximum absolute atomic E-state index is 10.4. The van der Waals surface area contributed by atoms with E-state index in [9.17, 15) is 5.11 Å². The average molecular weight is 380 g/mol. The van der Waals surface area contributed by atoms with Crippen molar-refractivity contribution in [2.45, 2.75) is 45.8 Å². The van der Waals surface area contributed by atoms with E-state index in [2.05, 4.69) is 59.5 Å². The first-order valence-electron chi connectivity index (χ1n) is 9.94. The van der Waals surface area contributed by atoms with E-state index in [1.807, 2.05) is 23.9 Å². The largest absolute Gasteiger partial charge is 0.391 e. The molecule has 28 heavy (non-hydrogen) atoms. The molecule has 0 radical (unpaired) electrons. The minimum Gasteiger partial charge on any atom is -0.391 e. The molecule has 6 nitrogen and oxygen atoms in total. The molecule has 0 spiro atoms. The monoisotopic (exact) mass is 380 g/mol. The first-order valence-corrected chi connectivity index (χ1v) is 9.94. The lowest BCUT2D eigenvalue weighted by atomic mass is 10.0. The van der Waals surface area contributed by atoms with Crippen molar-refractivity contribution in [2.75, 3.05) is 13.1 Å². The van der Waals surface area contributed by atoms with E-state index >= 15 is 0 Å². The number of hydrogen-bond acceptors (Lipinski definition) is 5. The SMILES string of the molecule is Cc1cc(C[C@@H]2CN(Cc3cnn(-c4ccc(C(C)C)cc4)c3)C[C@@H]2O)on1. The van der Waals surface area contributed by atoms with Crippen LogP contribution < -0.4 is 0 Å². The molecule has 1 saturated heterocycles. The summed E-state index contributed by atoms with van der Waals surface area (Å²) in [4.78, 5) is 2.28. The Labute approximate surface area is 165 Å². The lowest BCUT2D eigenvalue weighted by Crippen LogP contribution is -2.21. The number of aliphatic hydroxyl groups is 1. The molecule has 3 aromatic rings. The summed E-state index contributed by atoms with van der Waals surface area (Å²) < 4.78 is 7.23. The fourth-order valence-corrected chi connectivity index (χ4v) is 3.90. The van der Waals surface area contributed by atoms with Crippen molar-refractivity contribution in [1.82, 2.24) is 19.8 Å². The van der Waals surface area contributed by atoms with Crippen LogP contribution in [0.5, 0.6) is 0 Å². The molecule has 3 heterocycles. The zero-order valence-corrected chi connectivity index (χ0v) is 16.7. The van der Waals surface area contributed by atoms with E-state index in [0.29, 0.717) is 12.5 Å². The number of β-amino-alcohol motifs (C(OH)–C–C–N with tert-alkyl or cyclic N) is 1. The van der Waals surface area contributed by atoms with Crippen LogP contribution in [0.25, 0.3) is 5.69 Å². The predicted octanol–water partition coefficient (Wildman–Crippen LogP) is 3.33. The highest BCUT2D eigenvalue weighted by Gasteiger charge is 2.32. The van der Waals surface area contributed by atoms with Gasteiger partial charge in [0.1, 0.15) is 5.76 Å². The van der Waals surface area contributed by atoms with Crippen molar-refractivity contribution in [3.8, 4) is 5.69 Å². The van der Waals surface area contributed by atoms with Crippen molar-refractivity contribution in [2.24, 2.45) is 5.92 Å². The Kier molecular flexibility index (Phi) is 5.33. The van der Waals surface area contributed by atoms with Gasteiger partial charge in [0.2, 0.25) is 0 Å². The number of aromatic nitrogens is 3. The summed E-state index contributed by atoms with van der Waals surface area (Å²) in [6.07, 6.45) is 4.36. The van der Waals surface area contributed by atoms with Crippen LogP contribution in [0.1, 0.15) is 42.3 Å². The Morgan fingerprint density at radius 2 is 2.00 bits per heavy atom. The number of rotatable bonds is 6. The summed E-state index contributed by atoms with van der Waals surface area (Å²) in [5, 5.41) is 18.9. The predicted molar refractivity (Wildman–Crippen MR) is 107 cm³/mol. The van der Waals surface area contributed by atoms with Gasteiger partial charge in [-0.1, -0.05) is 31.1 Å². The fraction of sp³-hybridized carbons (Fsp3) is 0.455. The molecule has 1 aliphatic heterocycles. The first kappa shape index (κ1) is 18.9. The Bertz CT molecular complexity index is 913. The van der Waals surface area contributed by atoms with Crippen molar-refractivity contribution >= 4 is 0 Å². The van der Waals surface area contributed by atoms with Gasteiger partial charge in [0.25, 0.3) is 0 Å². The third-order valence-corrected chi connectivity index (χ3v) is 5.49. The molecule has 1 aliphatic rings. The van der Waals surface area contributed by atoms with Gasteiger partial charge in [-0.05, 0) is 30.5 Å². The molecule has 0 unspecified atom stereocenters. The number of nitrogens with zero attached hydrogens (tertiary/aromatic N) is 4. The molecule has 0 saturated carbocycles. The number of hydrogen-bond donors (Lipinski definition) is 1. The van der Waals surface area contributed by atoms with Gasteiger partial charge in [0.15, 0.2) is 0 Å². The Hall–Kier alpha value is -2.44. The number of aliphatic hydroxyl groups excluding tert-OH is 1. The maximum atomic E-state index is 10.4. The van der Waals surface area contributed by atoms with Gasteiger partial charge >= 0.3 is 0 Å². The molecule has 2 aromatic heterocycles. The van der Waals surface area contributed by atoms with Crippen LogP contribution in [-0.4, -0.2) is 44.1 Å². The van der Waals surface area contributed by atoms with Gasteiger partial charge in [0, 0.05) is 49.8 Å². The summed E-state index contributed by atoms with van der Waals surface area (Å²) in [6, 6.07) is 10.5. The van der Waals surface area contributed by atoms with E-state index in [1.54, 1.807) is 0 Å². The molecule has 1 N–H and O–H groups in total. The molecular formula is C22H28N4O2. The van der Waals surface area contributed by atoms with E-state index in [1.165, 1.54) is 5.56 Å². The highest BCUT2D eigenvalue weighted by molar-refractivity contribution is 5.35. The third-order valence-electron chi connectivity index (χ3n) is 5.49. The summed E-state index contributed by atoms with van der Waals surface area (Å²) in [5.41, 5.74) is 4.43. The maximum Gasteiger partial charge on any atom is 0.137 e. The summed E-state index contributed by atoms with van der Waals surface area (Å²) >= 11 is 0. The van der Waals surface area contributed by atoms with Gasteiger partial charge < -0.3 is 9.63 Å². The third kappa shape index (κ3) is 4.18. The molecule has 1 fully saturated rings. The summed E-state index contributed by atoms with van der Waals surface area (Å²) in [5.74, 6) is 1.55. The van der Waals surface area contributed by atoms with Crippen molar-refractivity contribution in [3.05, 3.63) is 65.3 Å². The highest BCUT2D eigenvalue weighted by Crippen LogP contribution is 2.24. The van der Waals surface area contributed by atoms with Crippen LogP contribution in [0.15, 0.2) is 47.2 Å². The number of likely N-dealkylation sites (tertiary alicyclic amines) is 1. The van der Waals surface area contributed by atoms with Gasteiger partial charge in [-0.25, -0.2) is 4.68 Å². The lowest BCUT2D eigenvalue weighted by molar-refractivity contribution is 0.137. The molecular weight excluding hydrogens is 352 g/mol. The minimum absolute atomic E-state index is 0.172. The van der Waals surface area contributed by atoms with Gasteiger partial charge in [-0.15, -0.1) is 0 Å². The van der Waals surface area contributed by atoms with Crippen molar-refractivity contribution < 1.29 is 9.63 Å². The normalized spacial score (nSPS) is 20.3. The second-order valence-corrected chi connectivity index (χ2v) is 8.20. The van der Waals surface area contributed by atoms with Gasteiger partial charge in [-0.2, -0.15) is 5.10 Å². The van der Waals surface area contributed by atoms with Crippen LogP contribution >= 0.6 is 0 Å². The van der Waals surface area contributed by atoms with E-state index in [4.69, 9.17) is 4.52 Å². The van der Waals surface area contributed by atoms with E-state index < -0.39 is 0 Å². The molecule has 148 valence electrons. The number of aryl methyl sites for hydroxylation is 1. The van der Waals surface area contributed by atoms with Gasteiger partial charge in [0.05, 0.1) is 23.7 Å². The van der Waals surface area contributed by atoms with Crippen LogP contribution in [0, 0.1) is 12.8 Å². The quantitative estimate of drug-likeness (QED) is 0.710. The molecule has 0 amide bonds. The highest BCUT2D eigenvalue weighted by atomic mass is 16.5. The van der Waals surface area contributed by atoms with E-state index in [0.717, 1.165) is 42.2 Å². The summed E-state index contributed by atoms with van der Waals surface area (Å²) in [6.45, 7) is 8.61. The topological polar surface area (TPSA) is 67.3 Å². The molecule has 0 bridgehead atoms. The molecule has 0 aliphatic carbocycles. The second-order valence-electron chi connectivity index (χ2n) is 8.20. The zero-order chi connectivity index (χ0) is 19.7. The van der Waals surface area contributed by atoms with Crippen LogP contribution in [0.4, 0.5) is 0 Å². The Morgan fingerprint density at radius 3 is 2.68 bits per heavy atom. The molecule has 1 aromatic carbocycles. The fourth-order valence-electron chi connectivity index (χ4n) is 3.90. The van der Waals surface area contributed by atoms with Gasteiger partial charge in [-0.3, -0.25) is 4.90 Å². The van der Waals surface area contributed by atoms with Crippen LogP contribution in [-0.2, 0) is 13.0 Å². The van der Waals surface area contributed by atoms with Crippen LogP contribution in [0.2, 0.25) is 0 Å². The van der Waals surface area contributed by atoms with E-state index in [-0.39, 0.29) is 12.0 Å². The standard InChI is InChI=1S/C22H28N4O2/c1-15(2)18-4-6-20(7-5-18)26-12-17(10-23-26)11-25-13-19(22(27)14-25)9-21-8-16(3)24-28-21/h4-8,10,12,15,19,22,27H,9,11,13-14H2,1-3H3/t19-,22+/m1/s1. The van der Waals surface area contributed by atoms with Crippen LogP contribution in [0.3, 0.4) is 0 Å². The molecule has 4 rings (SSSR count). The lowest BCUT2D eigenvalue weighted by Gasteiger charge is -2.13. The smallest absolute Gasteiger partial charge is 0.137 e. The minimum atomic E-state index is -0.343. The first-order chi connectivity index (χ1) is 13.5. The summed E-state index contributed by atoms with van der Waals surface area (Å²) in [7, 11) is 0. The Morgan fingerprint density at radius 1 is 1.21 bits per heavy atom. The number of benzene rings is 1. The molecule has 2 atom stereocenters. The Balaban J connectivity index is 1.37. The van der Waals surface area contributed by atoms with Crippen molar-refractivity contribution in [1.29, 1.82) is 0 Å². The zero-order valence-electron chi connectivity index (χ0n) is 16.7. The second kappa shape index (κ2) is 7.89. The molecule has 6 heteroatoms. The average Bonchev–Trinajstić information content (AvgIpc) is 3.37.